The fourth-order valence-electron chi connectivity index (χ4n) is 4.02. The van der Waals surface area contributed by atoms with Crippen LogP contribution in [-0.4, -0.2) is 68.9 Å². The second kappa shape index (κ2) is 15.2. The number of nitrogens with zero attached hydrogens (tertiary/aromatic N) is 5. The Bertz CT molecular complexity index is 1790. The topological polar surface area (TPSA) is 192 Å². The van der Waals surface area contributed by atoms with E-state index in [0.717, 1.165) is 10.9 Å². The van der Waals surface area contributed by atoms with E-state index >= 15 is 0 Å². The molecule has 0 saturated heterocycles. The first-order valence-corrected chi connectivity index (χ1v) is 16.7. The smallest absolute Gasteiger partial charge is 0.420 e. The summed E-state index contributed by atoms with van der Waals surface area (Å²) >= 11 is 6.30. The molecule has 1 atom stereocenters. The van der Waals surface area contributed by atoms with Crippen molar-refractivity contribution in [2.24, 2.45) is 0 Å². The summed E-state index contributed by atoms with van der Waals surface area (Å²) in [6, 6.07) is 6.95. The summed E-state index contributed by atoms with van der Waals surface area (Å²) in [5.74, 6) is -0.859. The Balaban J connectivity index is 1.84. The van der Waals surface area contributed by atoms with E-state index in [4.69, 9.17) is 21.1 Å². The van der Waals surface area contributed by atoms with Crippen LogP contribution in [0.25, 0.3) is 0 Å². The lowest BCUT2D eigenvalue weighted by Crippen LogP contribution is -2.45. The van der Waals surface area contributed by atoms with Crippen molar-refractivity contribution in [2.45, 2.75) is 90.6 Å². The van der Waals surface area contributed by atoms with Gasteiger partial charge in [-0.1, -0.05) is 23.7 Å². The predicted octanol–water partition coefficient (Wildman–Crippen LogP) is 4.39. The van der Waals surface area contributed by atoms with Gasteiger partial charge in [-0.05, 0) is 79.2 Å². The number of pyridine rings is 2. The van der Waals surface area contributed by atoms with Gasteiger partial charge in [0.05, 0.1) is 23.3 Å². The van der Waals surface area contributed by atoms with Crippen LogP contribution in [0, 0.1) is 6.92 Å². The number of hydrogen-bond acceptors (Lipinski definition) is 11. The molecule has 48 heavy (non-hydrogen) atoms. The van der Waals surface area contributed by atoms with E-state index in [1.807, 2.05) is 0 Å². The van der Waals surface area contributed by atoms with Gasteiger partial charge in [0, 0.05) is 24.9 Å². The second-order valence-electron chi connectivity index (χ2n) is 12.7. The number of halogens is 1. The Morgan fingerprint density at radius 1 is 1.02 bits per heavy atom. The summed E-state index contributed by atoms with van der Waals surface area (Å²) in [5, 5.41) is 6.02. The second-order valence-corrected chi connectivity index (χ2v) is 14.8. The molecule has 0 saturated carbocycles. The van der Waals surface area contributed by atoms with E-state index in [1.54, 1.807) is 72.9 Å². The number of anilines is 1. The maximum atomic E-state index is 13.6. The molecule has 0 aromatic carbocycles. The maximum Gasteiger partial charge on any atom is 0.420 e. The minimum absolute atomic E-state index is 0.0703. The van der Waals surface area contributed by atoms with Crippen LogP contribution in [-0.2, 0) is 37.3 Å². The van der Waals surface area contributed by atoms with Crippen LogP contribution in [0.1, 0.15) is 71.3 Å². The van der Waals surface area contributed by atoms with Crippen molar-refractivity contribution < 1.29 is 32.3 Å². The molecule has 17 heteroatoms. The average Bonchev–Trinajstić information content (AvgIpc) is 2.96. The fourth-order valence-corrected chi connectivity index (χ4v) is 5.42. The number of nitrogens with one attached hydrogen (secondary N) is 2. The summed E-state index contributed by atoms with van der Waals surface area (Å²) in [4.78, 5) is 61.8. The summed E-state index contributed by atoms with van der Waals surface area (Å²) in [6.07, 6.45) is 0.897. The van der Waals surface area contributed by atoms with E-state index in [9.17, 15) is 27.6 Å². The number of aryl methyl sites for hydroxylation is 1. The first-order chi connectivity index (χ1) is 22.2. The van der Waals surface area contributed by atoms with Crippen molar-refractivity contribution in [2.75, 3.05) is 11.9 Å². The Kier molecular flexibility index (Phi) is 12.1. The minimum Gasteiger partial charge on any atom is -0.443 e. The largest absolute Gasteiger partial charge is 0.443 e. The van der Waals surface area contributed by atoms with Gasteiger partial charge in [0.25, 0.3) is 15.6 Å². The molecule has 1 unspecified atom stereocenters. The Hall–Kier alpha value is -4.41. The maximum absolute atomic E-state index is 13.6. The predicted molar refractivity (Wildman–Crippen MR) is 177 cm³/mol. The van der Waals surface area contributed by atoms with Gasteiger partial charge in [0.1, 0.15) is 23.1 Å². The van der Waals surface area contributed by atoms with Crippen LogP contribution in [0.3, 0.4) is 0 Å². The van der Waals surface area contributed by atoms with Gasteiger partial charge in [-0.3, -0.25) is 14.6 Å². The number of carbonyl (C=O) groups is 3. The summed E-state index contributed by atoms with van der Waals surface area (Å²) in [6.45, 7) is 12.0. The number of rotatable bonds is 10. The quantitative estimate of drug-likeness (QED) is 0.304. The van der Waals surface area contributed by atoms with Gasteiger partial charge < -0.3 is 14.8 Å². The minimum atomic E-state index is -4.06. The molecule has 0 aliphatic carbocycles. The zero-order chi connectivity index (χ0) is 36.0. The summed E-state index contributed by atoms with van der Waals surface area (Å²) in [7, 11) is -4.06. The first-order valence-electron chi connectivity index (χ1n) is 14.9. The first kappa shape index (κ1) is 38.0. The molecule has 0 aliphatic rings. The number of aromatic nitrogens is 4. The average molecular weight is 706 g/mol. The SMILES string of the molecule is Cc1ccc(NC(=O)C(C)n2ncc(Cl)c(CN(C(=O)OC(C)(C)C)C(=O)OC(C)(C)C)c2=O)nc1S(=O)(=O)NCCc1ccccn1. The number of hydrogen-bond donors (Lipinski definition) is 2. The molecule has 3 aromatic rings. The third-order valence-electron chi connectivity index (χ3n) is 6.30. The van der Waals surface area contributed by atoms with Gasteiger partial charge >= 0.3 is 12.2 Å². The van der Waals surface area contributed by atoms with Crippen molar-refractivity contribution in [1.29, 1.82) is 0 Å². The third kappa shape index (κ3) is 10.6. The van der Waals surface area contributed by atoms with E-state index in [1.165, 1.54) is 19.1 Å². The van der Waals surface area contributed by atoms with E-state index in [-0.39, 0.29) is 28.0 Å². The van der Waals surface area contributed by atoms with Crippen LogP contribution in [0.5, 0.6) is 0 Å². The third-order valence-corrected chi connectivity index (χ3v) is 8.13. The number of sulfonamides is 1. The Morgan fingerprint density at radius 3 is 2.21 bits per heavy atom. The molecule has 0 fully saturated rings. The van der Waals surface area contributed by atoms with Crippen molar-refractivity contribution in [3.05, 3.63) is 74.9 Å². The molecule has 3 aromatic heterocycles. The van der Waals surface area contributed by atoms with Crippen LogP contribution in [0.15, 0.2) is 52.5 Å². The zero-order valence-electron chi connectivity index (χ0n) is 28.0. The molecule has 0 aliphatic heterocycles. The van der Waals surface area contributed by atoms with Crippen LogP contribution in [0.2, 0.25) is 5.02 Å². The van der Waals surface area contributed by atoms with Crippen LogP contribution < -0.4 is 15.6 Å². The molecule has 2 N–H and O–H groups in total. The molecule has 0 bridgehead atoms. The van der Waals surface area contributed by atoms with Gasteiger partial charge in [-0.15, -0.1) is 0 Å². The standard InChI is InChI=1S/C31H40ClN7O8S/c1-19-12-13-24(37-26(19)48(44,45)35-16-14-21-11-9-10-15-33-21)36-25(40)20(2)39-27(41)22(23(32)17-34-39)18-38(28(42)46-30(3,4)5)29(43)47-31(6,7)8/h9-13,15,17,20,35H,14,16,18H2,1-8H3,(H,36,37,40). The molecule has 15 nitrogen and oxygen atoms in total. The summed E-state index contributed by atoms with van der Waals surface area (Å²) < 4.78 is 40.1. The highest BCUT2D eigenvalue weighted by atomic mass is 35.5. The lowest BCUT2D eigenvalue weighted by Gasteiger charge is -2.28. The Labute approximate surface area is 284 Å². The number of imide groups is 1. The van der Waals surface area contributed by atoms with Crippen molar-refractivity contribution >= 4 is 45.5 Å². The van der Waals surface area contributed by atoms with Gasteiger partial charge in [-0.2, -0.15) is 5.10 Å². The van der Waals surface area contributed by atoms with Crippen LogP contribution >= 0.6 is 11.6 Å². The molecular formula is C31H40ClN7O8S. The lowest BCUT2D eigenvalue weighted by molar-refractivity contribution is -0.119. The summed E-state index contributed by atoms with van der Waals surface area (Å²) in [5.41, 5.74) is -2.03. The molecule has 3 heterocycles. The molecule has 0 radical (unpaired) electrons. The van der Waals surface area contributed by atoms with Crippen molar-refractivity contribution in [1.82, 2.24) is 29.4 Å². The number of amides is 3. The van der Waals surface area contributed by atoms with Gasteiger partial charge in [0.2, 0.25) is 5.91 Å². The molecular weight excluding hydrogens is 666 g/mol. The highest BCUT2D eigenvalue weighted by Gasteiger charge is 2.33. The van der Waals surface area contributed by atoms with E-state index in [0.29, 0.717) is 22.6 Å². The normalized spacial score (nSPS) is 12.6. The van der Waals surface area contributed by atoms with Crippen LogP contribution in [0.4, 0.5) is 15.4 Å². The van der Waals surface area contributed by atoms with E-state index < -0.39 is 57.5 Å². The van der Waals surface area contributed by atoms with E-state index in [2.05, 4.69) is 25.1 Å². The highest BCUT2D eigenvalue weighted by Crippen LogP contribution is 2.21. The zero-order valence-corrected chi connectivity index (χ0v) is 29.6. The van der Waals surface area contributed by atoms with Gasteiger partial charge in [-0.25, -0.2) is 37.3 Å². The van der Waals surface area contributed by atoms with Crippen molar-refractivity contribution in [3.8, 4) is 0 Å². The van der Waals surface area contributed by atoms with Crippen molar-refractivity contribution in [3.63, 3.8) is 0 Å². The number of ether oxygens (including phenoxy) is 2. The fraction of sp³-hybridized carbons (Fsp3) is 0.452. The highest BCUT2D eigenvalue weighted by molar-refractivity contribution is 7.89. The molecule has 3 rings (SSSR count). The molecule has 260 valence electrons. The Morgan fingerprint density at radius 2 is 1.65 bits per heavy atom. The molecule has 3 amide bonds. The lowest BCUT2D eigenvalue weighted by atomic mass is 10.2. The van der Waals surface area contributed by atoms with Gasteiger partial charge in [0.15, 0.2) is 5.03 Å². The monoisotopic (exact) mass is 705 g/mol. The number of carbonyl (C=O) groups excluding carboxylic acids is 3. The molecule has 0 spiro atoms.